The largest absolute Gasteiger partial charge is 0.478 e. The Morgan fingerprint density at radius 3 is 2.36 bits per heavy atom. The summed E-state index contributed by atoms with van der Waals surface area (Å²) >= 11 is 0. The maximum atomic E-state index is 9.55. The van der Waals surface area contributed by atoms with Gasteiger partial charge >= 0.3 is 11.9 Å². The zero-order valence-corrected chi connectivity index (χ0v) is 12.4. The van der Waals surface area contributed by atoms with Crippen LogP contribution in [0.3, 0.4) is 0 Å². The lowest BCUT2D eigenvalue weighted by molar-refractivity contribution is -0.134. The molecule has 8 nitrogen and oxygen atoms in total. The molecule has 2 heterocycles. The van der Waals surface area contributed by atoms with E-state index >= 15 is 0 Å². The molecule has 0 aromatic carbocycles. The Morgan fingerprint density at radius 2 is 1.82 bits per heavy atom. The van der Waals surface area contributed by atoms with Crippen LogP contribution >= 0.6 is 0 Å². The van der Waals surface area contributed by atoms with Crippen molar-refractivity contribution in [1.29, 1.82) is 0 Å². The smallest absolute Gasteiger partial charge is 0.328 e. The molecule has 1 saturated heterocycles. The van der Waals surface area contributed by atoms with Crippen LogP contribution in [0.4, 0.5) is 5.82 Å². The zero-order valence-electron chi connectivity index (χ0n) is 12.4. The molecule has 0 saturated carbocycles. The molecular formula is C14H20N4O4. The van der Waals surface area contributed by atoms with E-state index < -0.39 is 11.9 Å². The summed E-state index contributed by atoms with van der Waals surface area (Å²) in [5.41, 5.74) is 0. The fourth-order valence-corrected chi connectivity index (χ4v) is 1.88. The van der Waals surface area contributed by atoms with Crippen molar-refractivity contribution >= 4 is 17.8 Å². The quantitative estimate of drug-likeness (QED) is 0.769. The fraction of sp³-hybridized carbons (Fsp3) is 0.429. The van der Waals surface area contributed by atoms with Crippen LogP contribution in [-0.2, 0) is 9.59 Å². The summed E-state index contributed by atoms with van der Waals surface area (Å²) in [7, 11) is 2.17. The van der Waals surface area contributed by atoms with Crippen LogP contribution in [-0.4, -0.2) is 70.5 Å². The molecule has 1 aromatic rings. The molecule has 0 radical (unpaired) electrons. The van der Waals surface area contributed by atoms with E-state index in [1.54, 1.807) is 6.20 Å². The maximum absolute atomic E-state index is 9.55. The number of likely N-dealkylation sites (N-methyl/N-ethyl adjacent to an activating group) is 1. The average molecular weight is 308 g/mol. The van der Waals surface area contributed by atoms with Crippen LogP contribution in [0.15, 0.2) is 30.5 Å². The van der Waals surface area contributed by atoms with E-state index in [0.717, 1.165) is 25.5 Å². The summed E-state index contributed by atoms with van der Waals surface area (Å²) in [6, 6.07) is 3.97. The van der Waals surface area contributed by atoms with Gasteiger partial charge < -0.3 is 20.0 Å². The van der Waals surface area contributed by atoms with Gasteiger partial charge in [-0.05, 0) is 32.1 Å². The third kappa shape index (κ3) is 7.34. The molecule has 0 aliphatic carbocycles. The first-order valence-corrected chi connectivity index (χ1v) is 6.84. The number of hydrogen-bond acceptors (Lipinski definition) is 6. The number of nitrogens with zero attached hydrogens (tertiary/aromatic N) is 4. The molecule has 120 valence electrons. The lowest BCUT2D eigenvalue weighted by Crippen LogP contribution is -2.29. The van der Waals surface area contributed by atoms with Gasteiger partial charge in [-0.3, -0.25) is 0 Å². The molecule has 0 unspecified atom stereocenters. The standard InChI is InChI=1S/C10H16N4.C4H4O4/c1-13-6-3-7-14(9-8-13)10-4-2-5-11-12-10;5-3(6)1-2-4(7)8/h2,4-5H,3,6-9H2,1H3;1-2H,(H,5,6)(H,7,8)/b;2-1+. The average Bonchev–Trinajstić information content (AvgIpc) is 2.71. The highest BCUT2D eigenvalue weighted by Gasteiger charge is 2.12. The summed E-state index contributed by atoms with van der Waals surface area (Å²) in [4.78, 5) is 23.8. The zero-order chi connectivity index (χ0) is 16.4. The molecule has 2 N–H and O–H groups in total. The highest BCUT2D eigenvalue weighted by molar-refractivity contribution is 5.89. The molecule has 0 atom stereocenters. The van der Waals surface area contributed by atoms with Gasteiger partial charge in [0, 0.05) is 38.0 Å². The summed E-state index contributed by atoms with van der Waals surface area (Å²) in [6.45, 7) is 4.42. The van der Waals surface area contributed by atoms with Crippen molar-refractivity contribution in [1.82, 2.24) is 15.1 Å². The number of carboxylic acids is 2. The van der Waals surface area contributed by atoms with Crippen molar-refractivity contribution in [3.63, 3.8) is 0 Å². The summed E-state index contributed by atoms with van der Waals surface area (Å²) in [6.07, 6.45) is 4.03. The van der Waals surface area contributed by atoms with Crippen LogP contribution in [0.25, 0.3) is 0 Å². The molecule has 0 amide bonds. The normalized spacial score (nSPS) is 15.8. The highest BCUT2D eigenvalue weighted by Crippen LogP contribution is 2.10. The predicted octanol–water partition coefficient (Wildman–Crippen LogP) is 0.330. The fourth-order valence-electron chi connectivity index (χ4n) is 1.88. The van der Waals surface area contributed by atoms with Gasteiger partial charge in [0.05, 0.1) is 0 Å². The number of hydrogen-bond donors (Lipinski definition) is 2. The van der Waals surface area contributed by atoms with E-state index in [1.165, 1.54) is 13.0 Å². The van der Waals surface area contributed by atoms with Gasteiger partial charge in [-0.1, -0.05) is 0 Å². The number of anilines is 1. The Hall–Kier alpha value is -2.48. The molecule has 0 spiro atoms. The second-order valence-corrected chi connectivity index (χ2v) is 4.74. The number of carboxylic acid groups (broad SMARTS) is 2. The minimum Gasteiger partial charge on any atom is -0.478 e. The Balaban J connectivity index is 0.000000261. The number of aromatic nitrogens is 2. The number of rotatable bonds is 3. The summed E-state index contributed by atoms with van der Waals surface area (Å²) in [5, 5.41) is 23.7. The minimum atomic E-state index is -1.26. The van der Waals surface area contributed by atoms with Gasteiger partial charge in [0.25, 0.3) is 0 Å². The topological polar surface area (TPSA) is 107 Å². The van der Waals surface area contributed by atoms with Gasteiger partial charge in [-0.2, -0.15) is 5.10 Å². The molecule has 1 aliphatic rings. The third-order valence-corrected chi connectivity index (χ3v) is 2.97. The molecule has 0 bridgehead atoms. The second kappa shape index (κ2) is 9.46. The van der Waals surface area contributed by atoms with Crippen molar-refractivity contribution < 1.29 is 19.8 Å². The molecule has 1 fully saturated rings. The molecule has 2 rings (SSSR count). The first kappa shape index (κ1) is 17.6. The van der Waals surface area contributed by atoms with E-state index in [9.17, 15) is 9.59 Å². The van der Waals surface area contributed by atoms with E-state index in [1.807, 2.05) is 12.1 Å². The van der Waals surface area contributed by atoms with Crippen molar-refractivity contribution in [2.75, 3.05) is 38.1 Å². The lowest BCUT2D eigenvalue weighted by atomic mass is 10.4. The highest BCUT2D eigenvalue weighted by atomic mass is 16.4. The first-order valence-electron chi connectivity index (χ1n) is 6.84. The van der Waals surface area contributed by atoms with Gasteiger partial charge in [0.2, 0.25) is 0 Å². The van der Waals surface area contributed by atoms with Gasteiger partial charge in [0.1, 0.15) is 0 Å². The van der Waals surface area contributed by atoms with Crippen molar-refractivity contribution in [2.45, 2.75) is 6.42 Å². The van der Waals surface area contributed by atoms with Gasteiger partial charge in [-0.25, -0.2) is 9.59 Å². The van der Waals surface area contributed by atoms with Crippen LogP contribution in [0.2, 0.25) is 0 Å². The van der Waals surface area contributed by atoms with E-state index in [4.69, 9.17) is 10.2 Å². The van der Waals surface area contributed by atoms with Crippen molar-refractivity contribution in [2.24, 2.45) is 0 Å². The minimum absolute atomic E-state index is 0.558. The van der Waals surface area contributed by atoms with Gasteiger partial charge in [0.15, 0.2) is 5.82 Å². The molecule has 8 heteroatoms. The van der Waals surface area contributed by atoms with Crippen LogP contribution < -0.4 is 4.90 Å². The number of carbonyl (C=O) groups is 2. The first-order chi connectivity index (χ1) is 10.5. The Labute approximate surface area is 128 Å². The SMILES string of the molecule is CN1CCCN(c2cccnn2)CC1.O=C(O)/C=C/C(=O)O. The van der Waals surface area contributed by atoms with E-state index in [0.29, 0.717) is 12.2 Å². The van der Waals surface area contributed by atoms with E-state index in [-0.39, 0.29) is 0 Å². The lowest BCUT2D eigenvalue weighted by Gasteiger charge is -2.20. The third-order valence-electron chi connectivity index (χ3n) is 2.97. The van der Waals surface area contributed by atoms with E-state index in [2.05, 4.69) is 27.0 Å². The molecule has 1 aromatic heterocycles. The monoisotopic (exact) mass is 308 g/mol. The Kier molecular flexibility index (Phi) is 7.55. The summed E-state index contributed by atoms with van der Waals surface area (Å²) in [5.74, 6) is -1.51. The summed E-state index contributed by atoms with van der Waals surface area (Å²) < 4.78 is 0. The maximum Gasteiger partial charge on any atom is 0.328 e. The predicted molar refractivity (Wildman–Crippen MR) is 80.8 cm³/mol. The molecular weight excluding hydrogens is 288 g/mol. The second-order valence-electron chi connectivity index (χ2n) is 4.74. The Bertz CT molecular complexity index is 491. The van der Waals surface area contributed by atoms with Crippen molar-refractivity contribution in [3.05, 3.63) is 30.5 Å². The van der Waals surface area contributed by atoms with Crippen LogP contribution in [0, 0.1) is 0 Å². The molecule has 1 aliphatic heterocycles. The van der Waals surface area contributed by atoms with Crippen molar-refractivity contribution in [3.8, 4) is 0 Å². The van der Waals surface area contributed by atoms with Crippen LogP contribution in [0.1, 0.15) is 6.42 Å². The Morgan fingerprint density at radius 1 is 1.14 bits per heavy atom. The van der Waals surface area contributed by atoms with Gasteiger partial charge in [-0.15, -0.1) is 5.10 Å². The van der Waals surface area contributed by atoms with Crippen LogP contribution in [0.5, 0.6) is 0 Å². The molecule has 22 heavy (non-hydrogen) atoms. The number of aliphatic carboxylic acids is 2.